The van der Waals surface area contributed by atoms with Gasteiger partial charge in [0.1, 0.15) is 4.90 Å². The van der Waals surface area contributed by atoms with E-state index in [9.17, 15) is 12.3 Å². The van der Waals surface area contributed by atoms with E-state index in [1.165, 1.54) is 12.1 Å². The molecule has 0 radical (unpaired) electrons. The molecule has 0 amide bonds. The Morgan fingerprint density at radius 2 is 2.14 bits per heavy atom. The summed E-state index contributed by atoms with van der Waals surface area (Å²) in [5.74, 6) is 0. The van der Waals surface area contributed by atoms with Crippen LogP contribution in [-0.4, -0.2) is 13.4 Å². The van der Waals surface area contributed by atoms with Crippen molar-refractivity contribution >= 4 is 36.9 Å². The number of hydrogen-bond donors (Lipinski definition) is 1. The molecule has 14 heavy (non-hydrogen) atoms. The number of fused-ring (bicyclic) bond motifs is 1. The third-order valence-corrected chi connectivity index (χ3v) is 3.32. The summed E-state index contributed by atoms with van der Waals surface area (Å²) in [7, 11) is -4.65. The second-order valence-corrected chi connectivity index (χ2v) is 5.03. The second kappa shape index (κ2) is 2.89. The SMILES string of the molecule is Nc1nc2ccc(S(=O)(=O)F)cc2s1. The Morgan fingerprint density at radius 1 is 1.43 bits per heavy atom. The minimum atomic E-state index is -4.65. The zero-order valence-corrected chi connectivity index (χ0v) is 8.40. The van der Waals surface area contributed by atoms with E-state index in [4.69, 9.17) is 5.73 Å². The van der Waals surface area contributed by atoms with Crippen LogP contribution in [0.5, 0.6) is 0 Å². The number of aromatic nitrogens is 1. The van der Waals surface area contributed by atoms with Crippen molar-refractivity contribution in [2.75, 3.05) is 5.73 Å². The number of halogens is 1. The van der Waals surface area contributed by atoms with Crippen LogP contribution in [-0.2, 0) is 10.2 Å². The highest BCUT2D eigenvalue weighted by molar-refractivity contribution is 7.86. The average Bonchev–Trinajstić information content (AvgIpc) is 2.41. The average molecular weight is 232 g/mol. The van der Waals surface area contributed by atoms with Gasteiger partial charge in [0.2, 0.25) is 0 Å². The Morgan fingerprint density at radius 3 is 2.79 bits per heavy atom. The number of rotatable bonds is 1. The molecule has 7 heteroatoms. The number of thiazole rings is 1. The lowest BCUT2D eigenvalue weighted by Gasteiger charge is -1.92. The fourth-order valence-electron chi connectivity index (χ4n) is 1.07. The highest BCUT2D eigenvalue weighted by Gasteiger charge is 2.13. The molecular weight excluding hydrogens is 227 g/mol. The molecule has 1 aromatic heterocycles. The zero-order chi connectivity index (χ0) is 10.3. The van der Waals surface area contributed by atoms with E-state index in [1.54, 1.807) is 0 Å². The summed E-state index contributed by atoms with van der Waals surface area (Å²) in [6.07, 6.45) is 0. The predicted octanol–water partition coefficient (Wildman–Crippen LogP) is 1.54. The van der Waals surface area contributed by atoms with E-state index in [2.05, 4.69) is 4.98 Å². The molecule has 0 unspecified atom stereocenters. The van der Waals surface area contributed by atoms with Crippen LogP contribution in [0.1, 0.15) is 0 Å². The van der Waals surface area contributed by atoms with Gasteiger partial charge in [-0.1, -0.05) is 11.3 Å². The number of anilines is 1. The monoisotopic (exact) mass is 232 g/mol. The minimum Gasteiger partial charge on any atom is -0.375 e. The van der Waals surface area contributed by atoms with Gasteiger partial charge in [0.25, 0.3) is 0 Å². The number of nitrogens with two attached hydrogens (primary N) is 1. The van der Waals surface area contributed by atoms with E-state index in [1.807, 2.05) is 0 Å². The van der Waals surface area contributed by atoms with Gasteiger partial charge >= 0.3 is 10.2 Å². The van der Waals surface area contributed by atoms with Gasteiger partial charge in [-0.2, -0.15) is 8.42 Å². The van der Waals surface area contributed by atoms with Crippen LogP contribution in [0.3, 0.4) is 0 Å². The summed E-state index contributed by atoms with van der Waals surface area (Å²) in [5, 5.41) is 0.327. The van der Waals surface area contributed by atoms with Gasteiger partial charge in [0, 0.05) is 0 Å². The van der Waals surface area contributed by atoms with Gasteiger partial charge < -0.3 is 5.73 Å². The van der Waals surface area contributed by atoms with Crippen molar-refractivity contribution in [2.24, 2.45) is 0 Å². The van der Waals surface area contributed by atoms with Crippen molar-refractivity contribution < 1.29 is 12.3 Å². The summed E-state index contributed by atoms with van der Waals surface area (Å²) in [6, 6.07) is 3.81. The van der Waals surface area contributed by atoms with Crippen molar-refractivity contribution in [3.05, 3.63) is 18.2 Å². The Labute approximate surface area is 83.4 Å². The Kier molecular flexibility index (Phi) is 1.93. The first-order valence-corrected chi connectivity index (χ1v) is 5.77. The van der Waals surface area contributed by atoms with Crippen LogP contribution in [0.2, 0.25) is 0 Å². The summed E-state index contributed by atoms with van der Waals surface area (Å²) in [6.45, 7) is 0. The van der Waals surface area contributed by atoms with E-state index in [0.29, 0.717) is 15.3 Å². The third kappa shape index (κ3) is 1.55. The number of nitrogen functional groups attached to an aromatic ring is 1. The fourth-order valence-corrected chi connectivity index (χ4v) is 2.41. The lowest BCUT2D eigenvalue weighted by Crippen LogP contribution is -1.90. The standard InChI is InChI=1S/C7H5FN2O2S2/c8-14(11,12)4-1-2-5-6(3-4)13-7(9)10-5/h1-3H,(H2,9,10). The summed E-state index contributed by atoms with van der Waals surface area (Å²) in [5.41, 5.74) is 5.98. The van der Waals surface area contributed by atoms with Crippen LogP contribution < -0.4 is 5.73 Å². The van der Waals surface area contributed by atoms with E-state index in [-0.39, 0.29) is 4.90 Å². The number of nitrogens with zero attached hydrogens (tertiary/aromatic N) is 1. The Hall–Kier alpha value is -1.21. The van der Waals surface area contributed by atoms with Gasteiger partial charge in [-0.3, -0.25) is 0 Å². The lowest BCUT2D eigenvalue weighted by atomic mass is 10.3. The molecule has 0 bridgehead atoms. The van der Waals surface area contributed by atoms with Crippen LogP contribution in [0.15, 0.2) is 23.1 Å². The third-order valence-electron chi connectivity index (χ3n) is 1.66. The molecule has 1 heterocycles. The first-order valence-electron chi connectivity index (χ1n) is 3.57. The fraction of sp³-hybridized carbons (Fsp3) is 0. The van der Waals surface area contributed by atoms with E-state index < -0.39 is 10.2 Å². The van der Waals surface area contributed by atoms with E-state index in [0.717, 1.165) is 17.4 Å². The molecule has 2 aromatic rings. The highest BCUT2D eigenvalue weighted by atomic mass is 32.3. The first-order chi connectivity index (χ1) is 6.47. The highest BCUT2D eigenvalue weighted by Crippen LogP contribution is 2.26. The van der Waals surface area contributed by atoms with Crippen LogP contribution in [0.4, 0.5) is 9.02 Å². The molecule has 0 fully saturated rings. The van der Waals surface area contributed by atoms with Gasteiger partial charge in [-0.25, -0.2) is 4.98 Å². The van der Waals surface area contributed by atoms with E-state index >= 15 is 0 Å². The quantitative estimate of drug-likeness (QED) is 0.757. The van der Waals surface area contributed by atoms with Gasteiger partial charge in [0.15, 0.2) is 5.13 Å². The number of benzene rings is 1. The minimum absolute atomic E-state index is 0.327. The van der Waals surface area contributed by atoms with Crippen LogP contribution in [0.25, 0.3) is 10.2 Å². The Balaban J connectivity index is 2.74. The van der Waals surface area contributed by atoms with Crippen LogP contribution >= 0.6 is 11.3 Å². The number of hydrogen-bond acceptors (Lipinski definition) is 5. The molecule has 0 saturated carbocycles. The lowest BCUT2D eigenvalue weighted by molar-refractivity contribution is 0.552. The smallest absolute Gasteiger partial charge is 0.332 e. The normalized spacial score (nSPS) is 12.1. The molecule has 1 aromatic carbocycles. The largest absolute Gasteiger partial charge is 0.375 e. The molecule has 2 N–H and O–H groups in total. The summed E-state index contributed by atoms with van der Waals surface area (Å²) < 4.78 is 34.3. The molecule has 0 saturated heterocycles. The first kappa shape index (κ1) is 9.35. The van der Waals surface area contributed by atoms with Crippen LogP contribution in [0, 0.1) is 0 Å². The van der Waals surface area contributed by atoms with Crippen molar-refractivity contribution in [2.45, 2.75) is 4.90 Å². The maximum absolute atomic E-state index is 12.6. The zero-order valence-electron chi connectivity index (χ0n) is 6.77. The maximum atomic E-state index is 12.6. The van der Waals surface area contributed by atoms with Gasteiger partial charge in [-0.05, 0) is 18.2 Å². The molecule has 0 atom stereocenters. The summed E-state index contributed by atoms with van der Waals surface area (Å²) >= 11 is 1.12. The Bertz CT molecular complexity index is 591. The molecular formula is C7H5FN2O2S2. The van der Waals surface area contributed by atoms with Crippen molar-refractivity contribution in [3.63, 3.8) is 0 Å². The molecule has 74 valence electrons. The van der Waals surface area contributed by atoms with Gasteiger partial charge in [-0.15, -0.1) is 3.89 Å². The molecule has 0 aliphatic carbocycles. The summed E-state index contributed by atoms with van der Waals surface area (Å²) in [4.78, 5) is 3.55. The molecule has 4 nitrogen and oxygen atoms in total. The van der Waals surface area contributed by atoms with Crippen molar-refractivity contribution in [1.29, 1.82) is 0 Å². The molecule has 0 aliphatic heterocycles. The second-order valence-electron chi connectivity index (χ2n) is 2.62. The van der Waals surface area contributed by atoms with Crippen molar-refractivity contribution in [3.8, 4) is 0 Å². The van der Waals surface area contributed by atoms with Crippen molar-refractivity contribution in [1.82, 2.24) is 4.98 Å². The molecule has 0 aliphatic rings. The topological polar surface area (TPSA) is 73.0 Å². The molecule has 0 spiro atoms. The maximum Gasteiger partial charge on any atom is 0.332 e. The predicted molar refractivity (Wildman–Crippen MR) is 52.3 cm³/mol. The van der Waals surface area contributed by atoms with Gasteiger partial charge in [0.05, 0.1) is 10.2 Å². The molecule has 2 rings (SSSR count).